The fourth-order valence-electron chi connectivity index (χ4n) is 2.27. The number of benzene rings is 1. The van der Waals surface area contributed by atoms with Gasteiger partial charge in [-0.15, -0.1) is 0 Å². The number of rotatable bonds is 4. The molecule has 0 saturated carbocycles. The van der Waals surface area contributed by atoms with Gasteiger partial charge in [0.25, 0.3) is 5.89 Å². The van der Waals surface area contributed by atoms with Crippen LogP contribution in [0.1, 0.15) is 18.7 Å². The number of anilines is 1. The minimum Gasteiger partial charge on any atom is -0.381 e. The van der Waals surface area contributed by atoms with Crippen LogP contribution in [0.5, 0.6) is 0 Å². The van der Waals surface area contributed by atoms with Gasteiger partial charge in [0.05, 0.1) is 19.5 Å². The van der Waals surface area contributed by atoms with Crippen LogP contribution in [0.3, 0.4) is 0 Å². The van der Waals surface area contributed by atoms with Crippen molar-refractivity contribution in [3.8, 4) is 11.4 Å². The van der Waals surface area contributed by atoms with Crippen molar-refractivity contribution >= 4 is 21.8 Å². The highest BCUT2D eigenvalue weighted by atomic mass is 32.2. The first kappa shape index (κ1) is 15.7. The lowest BCUT2D eigenvalue weighted by atomic mass is 10.1. The van der Waals surface area contributed by atoms with Crippen molar-refractivity contribution in [3.63, 3.8) is 0 Å². The second-order valence-electron chi connectivity index (χ2n) is 5.32. The maximum absolute atomic E-state index is 11.2. The van der Waals surface area contributed by atoms with Gasteiger partial charge in [-0.05, 0) is 37.1 Å². The lowest BCUT2D eigenvalue weighted by molar-refractivity contribution is 0.119. The Kier molecular flexibility index (Phi) is 4.44. The van der Waals surface area contributed by atoms with Crippen LogP contribution < -0.4 is 4.72 Å². The van der Waals surface area contributed by atoms with Gasteiger partial charge >= 0.3 is 0 Å². The van der Waals surface area contributed by atoms with E-state index in [1.165, 1.54) is 5.57 Å². The first-order valence-electron chi connectivity index (χ1n) is 7.19. The minimum absolute atomic E-state index is 0.467. The van der Waals surface area contributed by atoms with Gasteiger partial charge in [0.2, 0.25) is 15.8 Å². The van der Waals surface area contributed by atoms with Crippen molar-refractivity contribution in [1.82, 2.24) is 10.1 Å². The molecule has 1 saturated heterocycles. The summed E-state index contributed by atoms with van der Waals surface area (Å²) in [6.45, 7) is 1.45. The molecule has 1 aliphatic heterocycles. The summed E-state index contributed by atoms with van der Waals surface area (Å²) in [7, 11) is -3.28. The van der Waals surface area contributed by atoms with Crippen molar-refractivity contribution in [1.29, 1.82) is 0 Å². The second kappa shape index (κ2) is 6.51. The Morgan fingerprint density at radius 2 is 1.87 bits per heavy atom. The molecule has 2 heterocycles. The molecule has 1 aliphatic rings. The summed E-state index contributed by atoms with van der Waals surface area (Å²) in [6, 6.07) is 6.79. The molecule has 0 radical (unpaired) electrons. The summed E-state index contributed by atoms with van der Waals surface area (Å²) in [5.74, 6) is 0.935. The van der Waals surface area contributed by atoms with Crippen molar-refractivity contribution in [2.45, 2.75) is 12.8 Å². The average Bonchev–Trinajstić information content (AvgIpc) is 2.96. The predicted molar refractivity (Wildman–Crippen MR) is 86.2 cm³/mol. The summed E-state index contributed by atoms with van der Waals surface area (Å²) in [5, 5.41) is 3.96. The Bertz CT molecular complexity index is 802. The van der Waals surface area contributed by atoms with Gasteiger partial charge in [-0.25, -0.2) is 8.42 Å². The highest BCUT2D eigenvalue weighted by Gasteiger charge is 2.11. The molecule has 0 spiro atoms. The Morgan fingerprint density at radius 3 is 2.52 bits per heavy atom. The molecule has 1 N–H and O–H groups in total. The zero-order chi connectivity index (χ0) is 16.3. The molecule has 0 unspecified atom stereocenters. The van der Waals surface area contributed by atoms with Gasteiger partial charge < -0.3 is 9.26 Å². The van der Waals surface area contributed by atoms with Gasteiger partial charge in [-0.1, -0.05) is 10.7 Å². The molecule has 1 aromatic heterocycles. The first-order chi connectivity index (χ1) is 11.0. The molecule has 7 nitrogen and oxygen atoms in total. The standard InChI is InChI=1S/C15H17N3O4S/c1-23(19,20)18-13-4-2-12(3-5-13)15-16-14(22-17-15)10-11-6-8-21-9-7-11/h2-5,10,18H,6-9H2,1H3. The van der Waals surface area contributed by atoms with E-state index < -0.39 is 10.0 Å². The molecule has 0 aliphatic carbocycles. The minimum atomic E-state index is -3.28. The van der Waals surface area contributed by atoms with E-state index in [9.17, 15) is 8.42 Å². The van der Waals surface area contributed by atoms with Crippen LogP contribution in [0.25, 0.3) is 17.5 Å². The summed E-state index contributed by atoms with van der Waals surface area (Å²) in [5.41, 5.74) is 2.48. The Balaban J connectivity index is 1.75. The Labute approximate surface area is 134 Å². The maximum Gasteiger partial charge on any atom is 0.250 e. The highest BCUT2D eigenvalue weighted by Crippen LogP contribution is 2.21. The molecule has 1 aromatic carbocycles. The summed E-state index contributed by atoms with van der Waals surface area (Å²) >= 11 is 0. The van der Waals surface area contributed by atoms with Crippen molar-refractivity contribution in [2.75, 3.05) is 24.2 Å². The lowest BCUT2D eigenvalue weighted by Gasteiger charge is -2.13. The topological polar surface area (TPSA) is 94.3 Å². The van der Waals surface area contributed by atoms with Gasteiger partial charge in [0, 0.05) is 17.3 Å². The maximum atomic E-state index is 11.2. The molecular formula is C15H17N3O4S. The van der Waals surface area contributed by atoms with E-state index in [-0.39, 0.29) is 0 Å². The van der Waals surface area contributed by atoms with E-state index in [1.54, 1.807) is 24.3 Å². The zero-order valence-electron chi connectivity index (χ0n) is 12.7. The van der Waals surface area contributed by atoms with E-state index in [0.717, 1.165) is 37.9 Å². The number of sulfonamides is 1. The molecule has 8 heteroatoms. The molecule has 0 amide bonds. The van der Waals surface area contributed by atoms with Crippen LogP contribution in [-0.4, -0.2) is 38.0 Å². The molecule has 1 fully saturated rings. The van der Waals surface area contributed by atoms with Crippen LogP contribution in [0.4, 0.5) is 5.69 Å². The van der Waals surface area contributed by atoms with E-state index in [1.807, 2.05) is 6.08 Å². The fraction of sp³-hybridized carbons (Fsp3) is 0.333. The van der Waals surface area contributed by atoms with Gasteiger partial charge in [-0.2, -0.15) is 4.98 Å². The lowest BCUT2D eigenvalue weighted by Crippen LogP contribution is -2.09. The highest BCUT2D eigenvalue weighted by molar-refractivity contribution is 7.92. The van der Waals surface area contributed by atoms with Crippen LogP contribution in [-0.2, 0) is 14.8 Å². The smallest absolute Gasteiger partial charge is 0.250 e. The van der Waals surface area contributed by atoms with E-state index >= 15 is 0 Å². The van der Waals surface area contributed by atoms with Crippen LogP contribution in [0, 0.1) is 0 Å². The van der Waals surface area contributed by atoms with Crippen molar-refractivity contribution in [2.24, 2.45) is 0 Å². The van der Waals surface area contributed by atoms with Crippen LogP contribution in [0.15, 0.2) is 34.4 Å². The molecule has 23 heavy (non-hydrogen) atoms. The Morgan fingerprint density at radius 1 is 1.17 bits per heavy atom. The van der Waals surface area contributed by atoms with Gasteiger partial charge in [0.15, 0.2) is 0 Å². The van der Waals surface area contributed by atoms with Crippen molar-refractivity contribution < 1.29 is 17.7 Å². The zero-order valence-corrected chi connectivity index (χ0v) is 13.5. The van der Waals surface area contributed by atoms with Crippen molar-refractivity contribution in [3.05, 3.63) is 35.7 Å². The van der Waals surface area contributed by atoms with Crippen LogP contribution in [0.2, 0.25) is 0 Å². The van der Waals surface area contributed by atoms with Gasteiger partial charge in [-0.3, -0.25) is 4.72 Å². The number of nitrogens with zero attached hydrogens (tertiary/aromatic N) is 2. The van der Waals surface area contributed by atoms with E-state index in [2.05, 4.69) is 14.9 Å². The Hall–Kier alpha value is -2.19. The molecule has 0 bridgehead atoms. The second-order valence-corrected chi connectivity index (χ2v) is 7.07. The molecule has 2 aromatic rings. The van der Waals surface area contributed by atoms with E-state index in [4.69, 9.17) is 9.26 Å². The molecular weight excluding hydrogens is 318 g/mol. The fourth-order valence-corrected chi connectivity index (χ4v) is 2.83. The number of nitrogens with one attached hydrogen (secondary N) is 1. The first-order valence-corrected chi connectivity index (χ1v) is 9.08. The SMILES string of the molecule is CS(=O)(=O)Nc1ccc(-c2noc(C=C3CCOCC3)n2)cc1. The number of hydrogen-bond donors (Lipinski definition) is 1. The van der Waals surface area contributed by atoms with E-state index in [0.29, 0.717) is 17.4 Å². The monoisotopic (exact) mass is 335 g/mol. The number of ether oxygens (including phenoxy) is 1. The largest absolute Gasteiger partial charge is 0.381 e. The quantitative estimate of drug-likeness (QED) is 0.921. The number of hydrogen-bond acceptors (Lipinski definition) is 6. The summed E-state index contributed by atoms with van der Waals surface area (Å²) < 4.78 is 35.3. The van der Waals surface area contributed by atoms with Gasteiger partial charge in [0.1, 0.15) is 0 Å². The normalized spacial score (nSPS) is 15.4. The third-order valence-corrected chi connectivity index (χ3v) is 3.96. The molecule has 122 valence electrons. The predicted octanol–water partition coefficient (Wildman–Crippen LogP) is 2.30. The summed E-state index contributed by atoms with van der Waals surface area (Å²) in [4.78, 5) is 4.35. The average molecular weight is 335 g/mol. The number of aromatic nitrogens is 2. The summed E-state index contributed by atoms with van der Waals surface area (Å²) in [6.07, 6.45) is 4.77. The molecule has 0 atom stereocenters. The third kappa shape index (κ3) is 4.40. The third-order valence-electron chi connectivity index (χ3n) is 3.35. The molecule has 3 rings (SSSR count). The van der Waals surface area contributed by atoms with Crippen LogP contribution >= 0.6 is 0 Å².